The normalized spacial score (nSPS) is 17.2. The van der Waals surface area contributed by atoms with Crippen LogP contribution in [-0.4, -0.2) is 23.1 Å². The second kappa shape index (κ2) is 6.57. The molecule has 0 saturated carbocycles. The first-order valence-corrected chi connectivity index (χ1v) is 9.67. The van der Waals surface area contributed by atoms with Crippen molar-refractivity contribution >= 4 is 28.4 Å². The van der Waals surface area contributed by atoms with Crippen LogP contribution in [0.1, 0.15) is 32.4 Å². The molecule has 25 heavy (non-hydrogen) atoms. The van der Waals surface area contributed by atoms with Crippen molar-refractivity contribution in [3.63, 3.8) is 0 Å². The monoisotopic (exact) mass is 347 g/mol. The van der Waals surface area contributed by atoms with Crippen LogP contribution in [0.25, 0.3) is 10.8 Å². The van der Waals surface area contributed by atoms with Gasteiger partial charge in [-0.25, -0.2) is 0 Å². The van der Waals surface area contributed by atoms with Crippen LogP contribution < -0.4 is 0 Å². The number of rotatable bonds is 2. The van der Waals surface area contributed by atoms with E-state index >= 15 is 0 Å². The Morgan fingerprint density at radius 3 is 2.60 bits per heavy atom. The maximum absolute atomic E-state index is 13.2. The van der Waals surface area contributed by atoms with Crippen molar-refractivity contribution in [2.75, 3.05) is 12.3 Å². The molecule has 126 valence electrons. The fraction of sp³-hybridized carbons (Fsp3) is 0.227. The Labute approximate surface area is 152 Å². The first-order valence-electron chi connectivity index (χ1n) is 8.62. The van der Waals surface area contributed by atoms with E-state index in [-0.39, 0.29) is 11.3 Å². The fourth-order valence-corrected chi connectivity index (χ4v) is 4.88. The van der Waals surface area contributed by atoms with Gasteiger partial charge >= 0.3 is 0 Å². The SMILES string of the molecule is Cc1ccc(C2SCCN2C(=O)c2ccc3ccccc3c2)c(C)c1. The minimum Gasteiger partial charge on any atom is -0.322 e. The summed E-state index contributed by atoms with van der Waals surface area (Å²) in [7, 11) is 0. The van der Waals surface area contributed by atoms with Crippen molar-refractivity contribution < 1.29 is 4.79 Å². The highest BCUT2D eigenvalue weighted by Crippen LogP contribution is 2.40. The van der Waals surface area contributed by atoms with Crippen LogP contribution in [-0.2, 0) is 0 Å². The second-order valence-corrected chi connectivity index (χ2v) is 7.83. The summed E-state index contributed by atoms with van der Waals surface area (Å²) >= 11 is 1.86. The van der Waals surface area contributed by atoms with Crippen molar-refractivity contribution in [1.82, 2.24) is 4.90 Å². The Hall–Kier alpha value is -2.26. The number of nitrogens with zero attached hydrogens (tertiary/aromatic N) is 1. The topological polar surface area (TPSA) is 20.3 Å². The molecule has 1 amide bonds. The Kier molecular flexibility index (Phi) is 4.26. The van der Waals surface area contributed by atoms with Crippen LogP contribution in [0.15, 0.2) is 60.7 Å². The van der Waals surface area contributed by atoms with Gasteiger partial charge in [-0.2, -0.15) is 0 Å². The van der Waals surface area contributed by atoms with Crippen molar-refractivity contribution in [3.05, 3.63) is 82.9 Å². The summed E-state index contributed by atoms with van der Waals surface area (Å²) in [6.07, 6.45) is 0. The maximum Gasteiger partial charge on any atom is 0.255 e. The van der Waals surface area contributed by atoms with E-state index in [0.29, 0.717) is 0 Å². The van der Waals surface area contributed by atoms with E-state index in [2.05, 4.69) is 44.2 Å². The molecule has 3 heteroatoms. The summed E-state index contributed by atoms with van der Waals surface area (Å²) in [4.78, 5) is 15.2. The van der Waals surface area contributed by atoms with Gasteiger partial charge in [-0.05, 0) is 47.9 Å². The number of hydrogen-bond donors (Lipinski definition) is 0. The van der Waals surface area contributed by atoms with Gasteiger partial charge in [-0.3, -0.25) is 4.79 Å². The average Bonchev–Trinajstić information content (AvgIpc) is 3.10. The summed E-state index contributed by atoms with van der Waals surface area (Å²) in [6.45, 7) is 5.05. The van der Waals surface area contributed by atoms with Gasteiger partial charge in [0.2, 0.25) is 0 Å². The molecule has 1 atom stereocenters. The Balaban J connectivity index is 1.67. The summed E-state index contributed by atoms with van der Waals surface area (Å²) in [5.74, 6) is 1.11. The van der Waals surface area contributed by atoms with Gasteiger partial charge in [-0.15, -0.1) is 11.8 Å². The first kappa shape index (κ1) is 16.2. The standard InChI is InChI=1S/C22H21NOS/c1-15-7-10-20(16(2)13-15)22-23(11-12-25-22)21(24)19-9-8-17-5-3-4-6-18(17)14-19/h3-10,13-14,22H,11-12H2,1-2H3. The largest absolute Gasteiger partial charge is 0.322 e. The number of amides is 1. The van der Waals surface area contributed by atoms with Crippen molar-refractivity contribution in [2.45, 2.75) is 19.2 Å². The Morgan fingerprint density at radius 1 is 1.00 bits per heavy atom. The minimum atomic E-state index is 0.111. The molecule has 1 fully saturated rings. The first-order chi connectivity index (χ1) is 12.1. The summed E-state index contributed by atoms with van der Waals surface area (Å²) in [5.41, 5.74) is 4.55. The van der Waals surface area contributed by atoms with Crippen LogP contribution in [0, 0.1) is 13.8 Å². The lowest BCUT2D eigenvalue weighted by atomic mass is 10.0. The van der Waals surface area contributed by atoms with E-state index < -0.39 is 0 Å². The van der Waals surface area contributed by atoms with E-state index in [0.717, 1.165) is 23.2 Å². The van der Waals surface area contributed by atoms with Crippen molar-refractivity contribution in [2.24, 2.45) is 0 Å². The Bertz CT molecular complexity index is 950. The second-order valence-electron chi connectivity index (χ2n) is 6.64. The third-order valence-corrected chi connectivity index (χ3v) is 6.08. The molecule has 0 bridgehead atoms. The van der Waals surface area contributed by atoms with E-state index in [9.17, 15) is 4.79 Å². The molecule has 1 unspecified atom stereocenters. The van der Waals surface area contributed by atoms with E-state index in [1.54, 1.807) is 0 Å². The highest BCUT2D eigenvalue weighted by Gasteiger charge is 2.32. The van der Waals surface area contributed by atoms with Gasteiger partial charge in [0.05, 0.1) is 0 Å². The number of aryl methyl sites for hydroxylation is 2. The third kappa shape index (κ3) is 3.05. The van der Waals surface area contributed by atoms with E-state index in [1.165, 1.54) is 22.1 Å². The van der Waals surface area contributed by atoms with Crippen molar-refractivity contribution in [3.8, 4) is 0 Å². The summed E-state index contributed by atoms with van der Waals surface area (Å²) in [6, 6.07) is 20.7. The molecule has 1 aliphatic heterocycles. The molecule has 1 aliphatic rings. The van der Waals surface area contributed by atoms with E-state index in [4.69, 9.17) is 0 Å². The lowest BCUT2D eigenvalue weighted by Gasteiger charge is -2.26. The molecule has 1 saturated heterocycles. The van der Waals surface area contributed by atoms with Crippen LogP contribution in [0.2, 0.25) is 0 Å². The molecule has 4 rings (SSSR count). The molecule has 0 N–H and O–H groups in total. The van der Waals surface area contributed by atoms with E-state index in [1.807, 2.05) is 47.0 Å². The predicted molar refractivity (Wildman–Crippen MR) is 106 cm³/mol. The highest BCUT2D eigenvalue weighted by molar-refractivity contribution is 7.99. The molecule has 3 aromatic carbocycles. The number of benzene rings is 3. The summed E-state index contributed by atoms with van der Waals surface area (Å²) in [5, 5.41) is 2.39. The molecule has 0 aliphatic carbocycles. The van der Waals surface area contributed by atoms with Crippen molar-refractivity contribution in [1.29, 1.82) is 0 Å². The molecule has 1 heterocycles. The van der Waals surface area contributed by atoms with Gasteiger partial charge in [-0.1, -0.05) is 54.1 Å². The number of carbonyl (C=O) groups is 1. The molecule has 2 nitrogen and oxygen atoms in total. The van der Waals surface area contributed by atoms with Gasteiger partial charge in [0, 0.05) is 17.9 Å². The van der Waals surface area contributed by atoms with Gasteiger partial charge in [0.25, 0.3) is 5.91 Å². The zero-order chi connectivity index (χ0) is 17.4. The molecule has 0 spiro atoms. The minimum absolute atomic E-state index is 0.111. The fourth-order valence-electron chi connectivity index (χ4n) is 3.53. The quantitative estimate of drug-likeness (QED) is 0.623. The third-order valence-electron chi connectivity index (χ3n) is 4.84. The maximum atomic E-state index is 13.2. The number of hydrogen-bond acceptors (Lipinski definition) is 2. The smallest absolute Gasteiger partial charge is 0.255 e. The molecule has 0 radical (unpaired) electrons. The average molecular weight is 347 g/mol. The van der Waals surface area contributed by atoms with Gasteiger partial charge < -0.3 is 4.90 Å². The van der Waals surface area contributed by atoms with Crippen LogP contribution in [0.5, 0.6) is 0 Å². The number of carbonyl (C=O) groups excluding carboxylic acids is 1. The number of thioether (sulfide) groups is 1. The molecular formula is C22H21NOS. The molecule has 0 aromatic heterocycles. The molecular weight excluding hydrogens is 326 g/mol. The number of fused-ring (bicyclic) bond motifs is 1. The lowest BCUT2D eigenvalue weighted by molar-refractivity contribution is 0.0760. The zero-order valence-corrected chi connectivity index (χ0v) is 15.3. The van der Waals surface area contributed by atoms with Crippen LogP contribution in [0.3, 0.4) is 0 Å². The van der Waals surface area contributed by atoms with Gasteiger partial charge in [0.1, 0.15) is 5.37 Å². The predicted octanol–water partition coefficient (Wildman–Crippen LogP) is 5.34. The van der Waals surface area contributed by atoms with Crippen LogP contribution in [0.4, 0.5) is 0 Å². The lowest BCUT2D eigenvalue weighted by Crippen LogP contribution is -2.30. The van der Waals surface area contributed by atoms with Gasteiger partial charge in [0.15, 0.2) is 0 Å². The van der Waals surface area contributed by atoms with Crippen LogP contribution >= 0.6 is 11.8 Å². The summed E-state index contributed by atoms with van der Waals surface area (Å²) < 4.78 is 0. The zero-order valence-electron chi connectivity index (χ0n) is 14.5. The molecule has 3 aromatic rings. The highest BCUT2D eigenvalue weighted by atomic mass is 32.2. The Morgan fingerprint density at radius 2 is 1.80 bits per heavy atom.